The van der Waals surface area contributed by atoms with Crippen LogP contribution in [0.25, 0.3) is 28.0 Å². The Morgan fingerprint density at radius 3 is 2.34 bits per heavy atom. The summed E-state index contributed by atoms with van der Waals surface area (Å²) in [5.41, 5.74) is 2.82. The van der Waals surface area contributed by atoms with E-state index in [1.807, 2.05) is 41.1 Å². The molecule has 7 nitrogen and oxygen atoms in total. The number of hydrogen-bond acceptors (Lipinski definition) is 5. The van der Waals surface area contributed by atoms with Crippen molar-refractivity contribution in [2.24, 2.45) is 0 Å². The van der Waals surface area contributed by atoms with Crippen LogP contribution >= 0.6 is 0 Å². The van der Waals surface area contributed by atoms with E-state index in [9.17, 15) is 9.18 Å². The van der Waals surface area contributed by atoms with Crippen LogP contribution in [0.2, 0.25) is 0 Å². The van der Waals surface area contributed by atoms with Crippen LogP contribution in [0.15, 0.2) is 60.9 Å². The molecule has 0 spiro atoms. The molecule has 0 saturated carbocycles. The maximum Gasteiger partial charge on any atom is 0.413 e. The van der Waals surface area contributed by atoms with Gasteiger partial charge in [-0.05, 0) is 50.6 Å². The maximum atomic E-state index is 14.6. The Balaban J connectivity index is 1.53. The molecule has 0 unspecified atom stereocenters. The first-order chi connectivity index (χ1) is 15.2. The lowest BCUT2D eigenvalue weighted by Gasteiger charge is -2.19. The van der Waals surface area contributed by atoms with E-state index in [0.717, 1.165) is 22.7 Å². The number of carbonyl (C=O) groups excluding carboxylic acids is 1. The van der Waals surface area contributed by atoms with Gasteiger partial charge in [-0.15, -0.1) is 0 Å². The Labute approximate surface area is 184 Å². The van der Waals surface area contributed by atoms with Gasteiger partial charge in [0.1, 0.15) is 22.8 Å². The van der Waals surface area contributed by atoms with E-state index in [4.69, 9.17) is 9.47 Å². The normalized spacial score (nSPS) is 11.4. The number of fused-ring (bicyclic) bond motifs is 1. The molecule has 1 amide bonds. The number of ether oxygens (including phenoxy) is 2. The number of methoxy groups -OCH3 is 1. The molecule has 3 aromatic heterocycles. The molecule has 0 aliphatic rings. The number of hydrogen-bond donors (Lipinski definition) is 1. The molecular formula is C24H23FN4O3. The molecule has 0 aliphatic heterocycles. The van der Waals surface area contributed by atoms with Crippen LogP contribution in [0, 0.1) is 5.95 Å². The summed E-state index contributed by atoms with van der Waals surface area (Å²) in [6, 6.07) is 14.2. The lowest BCUT2D eigenvalue weighted by atomic mass is 10.0. The zero-order chi connectivity index (χ0) is 22.9. The molecule has 4 rings (SSSR count). The highest BCUT2D eigenvalue weighted by Crippen LogP contribution is 2.27. The van der Waals surface area contributed by atoms with Crippen LogP contribution in [0.5, 0.6) is 5.75 Å². The summed E-state index contributed by atoms with van der Waals surface area (Å²) in [7, 11) is 1.62. The number of nitrogens with one attached hydrogen (secondary N) is 1. The van der Waals surface area contributed by atoms with E-state index >= 15 is 0 Å². The van der Waals surface area contributed by atoms with Gasteiger partial charge in [0.15, 0.2) is 0 Å². The molecule has 4 aromatic rings. The molecule has 0 atom stereocenters. The average Bonchev–Trinajstić information content (AvgIpc) is 3.16. The fraction of sp³-hybridized carbons (Fsp3) is 0.208. The summed E-state index contributed by atoms with van der Waals surface area (Å²) >= 11 is 0. The van der Waals surface area contributed by atoms with Gasteiger partial charge in [-0.2, -0.15) is 4.39 Å². The van der Waals surface area contributed by atoms with Crippen LogP contribution in [0.4, 0.5) is 15.0 Å². The summed E-state index contributed by atoms with van der Waals surface area (Å²) in [5, 5.41) is 2.44. The van der Waals surface area contributed by atoms with Crippen LogP contribution in [-0.4, -0.2) is 33.2 Å². The number of carbonyl (C=O) groups is 1. The van der Waals surface area contributed by atoms with E-state index in [2.05, 4.69) is 15.3 Å². The highest BCUT2D eigenvalue weighted by atomic mass is 19.1. The van der Waals surface area contributed by atoms with Gasteiger partial charge in [0, 0.05) is 17.3 Å². The maximum absolute atomic E-state index is 14.6. The lowest BCUT2D eigenvalue weighted by Crippen LogP contribution is -2.27. The van der Waals surface area contributed by atoms with Gasteiger partial charge in [-0.1, -0.05) is 24.3 Å². The zero-order valence-corrected chi connectivity index (χ0v) is 18.2. The topological polar surface area (TPSA) is 77.8 Å². The molecule has 0 saturated heterocycles. The Morgan fingerprint density at radius 1 is 0.969 bits per heavy atom. The first-order valence-corrected chi connectivity index (χ1v) is 10.0. The third-order valence-electron chi connectivity index (χ3n) is 4.63. The monoisotopic (exact) mass is 434 g/mol. The van der Waals surface area contributed by atoms with Crippen molar-refractivity contribution in [3.8, 4) is 28.1 Å². The number of pyridine rings is 2. The highest BCUT2D eigenvalue weighted by Gasteiger charge is 2.17. The quantitative estimate of drug-likeness (QED) is 0.426. The van der Waals surface area contributed by atoms with Crippen molar-refractivity contribution >= 4 is 17.6 Å². The summed E-state index contributed by atoms with van der Waals surface area (Å²) < 4.78 is 26.9. The SMILES string of the molecule is COc1ccc2nc(-c3ccc(-c4ccc(NC(=O)OC(C)(C)C)nc4F)cc3)cn2c1. The van der Waals surface area contributed by atoms with Crippen molar-refractivity contribution in [3.63, 3.8) is 0 Å². The summed E-state index contributed by atoms with van der Waals surface area (Å²) in [5.74, 6) is 0.132. The van der Waals surface area contributed by atoms with Gasteiger partial charge >= 0.3 is 6.09 Å². The second kappa shape index (κ2) is 8.30. The van der Waals surface area contributed by atoms with E-state index in [0.29, 0.717) is 11.1 Å². The van der Waals surface area contributed by atoms with Crippen molar-refractivity contribution in [2.75, 3.05) is 12.4 Å². The minimum absolute atomic E-state index is 0.0808. The summed E-state index contributed by atoms with van der Waals surface area (Å²) in [6.45, 7) is 5.24. The minimum atomic E-state index is -0.689. The number of imidazole rings is 1. The van der Waals surface area contributed by atoms with Gasteiger partial charge in [0.25, 0.3) is 0 Å². The Bertz CT molecular complexity index is 1280. The third-order valence-corrected chi connectivity index (χ3v) is 4.63. The predicted octanol–water partition coefficient (Wildman–Crippen LogP) is 5.56. The molecular weight excluding hydrogens is 411 g/mol. The summed E-state index contributed by atoms with van der Waals surface area (Å²) in [4.78, 5) is 20.3. The van der Waals surface area contributed by atoms with Gasteiger partial charge in [0.2, 0.25) is 5.95 Å². The van der Waals surface area contributed by atoms with Crippen molar-refractivity contribution in [3.05, 3.63) is 66.9 Å². The van der Waals surface area contributed by atoms with E-state index in [1.165, 1.54) is 6.07 Å². The molecule has 3 heterocycles. The Morgan fingerprint density at radius 2 is 1.69 bits per heavy atom. The van der Waals surface area contributed by atoms with Crippen LogP contribution in [0.1, 0.15) is 20.8 Å². The fourth-order valence-corrected chi connectivity index (χ4v) is 3.18. The number of amides is 1. The molecule has 1 aromatic carbocycles. The number of anilines is 1. The van der Waals surface area contributed by atoms with Crippen molar-refractivity contribution < 1.29 is 18.7 Å². The van der Waals surface area contributed by atoms with E-state index in [1.54, 1.807) is 46.1 Å². The van der Waals surface area contributed by atoms with E-state index < -0.39 is 17.6 Å². The standard InChI is InChI=1S/C24H23FN4O3/c1-24(2,3)32-23(30)28-20-11-10-18(22(25)27-20)15-5-7-16(8-6-15)19-14-29-13-17(31-4)9-12-21(29)26-19/h5-14H,1-4H3,(H,27,28,30). The smallest absolute Gasteiger partial charge is 0.413 e. The summed E-state index contributed by atoms with van der Waals surface area (Å²) in [6.07, 6.45) is 3.08. The highest BCUT2D eigenvalue weighted by molar-refractivity contribution is 5.84. The fourth-order valence-electron chi connectivity index (χ4n) is 3.18. The molecule has 0 bridgehead atoms. The molecule has 32 heavy (non-hydrogen) atoms. The van der Waals surface area contributed by atoms with Gasteiger partial charge in [-0.3, -0.25) is 5.32 Å². The minimum Gasteiger partial charge on any atom is -0.495 e. The van der Waals surface area contributed by atoms with Gasteiger partial charge < -0.3 is 13.9 Å². The number of rotatable bonds is 4. The zero-order valence-electron chi connectivity index (χ0n) is 18.2. The first-order valence-electron chi connectivity index (χ1n) is 10.0. The third kappa shape index (κ3) is 4.69. The number of aromatic nitrogens is 3. The Kier molecular flexibility index (Phi) is 5.52. The van der Waals surface area contributed by atoms with Crippen LogP contribution in [-0.2, 0) is 4.74 Å². The molecule has 0 radical (unpaired) electrons. The average molecular weight is 434 g/mol. The molecule has 164 valence electrons. The molecule has 1 N–H and O–H groups in total. The van der Waals surface area contributed by atoms with Crippen molar-refractivity contribution in [2.45, 2.75) is 26.4 Å². The number of halogens is 1. The number of nitrogens with zero attached hydrogens (tertiary/aromatic N) is 3. The van der Waals surface area contributed by atoms with Gasteiger partial charge in [-0.25, -0.2) is 14.8 Å². The van der Waals surface area contributed by atoms with E-state index in [-0.39, 0.29) is 5.82 Å². The molecule has 0 fully saturated rings. The lowest BCUT2D eigenvalue weighted by molar-refractivity contribution is 0.0635. The van der Waals surface area contributed by atoms with Gasteiger partial charge in [0.05, 0.1) is 19.0 Å². The first kappa shape index (κ1) is 21.3. The number of benzene rings is 1. The molecule has 8 heteroatoms. The van der Waals surface area contributed by atoms with Crippen molar-refractivity contribution in [1.29, 1.82) is 0 Å². The second-order valence-electron chi connectivity index (χ2n) is 8.20. The molecule has 0 aliphatic carbocycles. The predicted molar refractivity (Wildman–Crippen MR) is 120 cm³/mol. The largest absolute Gasteiger partial charge is 0.495 e. The van der Waals surface area contributed by atoms with Crippen LogP contribution in [0.3, 0.4) is 0 Å². The van der Waals surface area contributed by atoms with Crippen molar-refractivity contribution in [1.82, 2.24) is 14.4 Å². The van der Waals surface area contributed by atoms with Crippen LogP contribution < -0.4 is 10.1 Å². The Hall–Kier alpha value is -3.94. The second-order valence-corrected chi connectivity index (χ2v) is 8.20.